The Labute approximate surface area is 178 Å². The standard InChI is InChI=1S/C25H28N4O/c1-19(2)24(17-26)27-12-14-28(15-13-27)25(30)23-16-21-10-6-7-11-22(21)29(23)18-20-8-4-3-5-9-20/h3-11,16,19,24H,12-15,18H2,1-2H3. The predicted octanol–water partition coefficient (Wildman–Crippen LogP) is 4.00. The van der Waals surface area contributed by atoms with Crippen molar-refractivity contribution >= 4 is 16.8 Å². The number of hydrogen-bond acceptors (Lipinski definition) is 3. The molecule has 0 bridgehead atoms. The molecule has 1 atom stereocenters. The van der Waals surface area contributed by atoms with Crippen LogP contribution in [0.2, 0.25) is 0 Å². The fourth-order valence-electron chi connectivity index (χ4n) is 4.34. The third-order valence-electron chi connectivity index (χ3n) is 5.97. The number of hydrogen-bond donors (Lipinski definition) is 0. The van der Waals surface area contributed by atoms with Crippen LogP contribution in [0, 0.1) is 17.2 Å². The van der Waals surface area contributed by atoms with E-state index in [2.05, 4.69) is 53.6 Å². The van der Waals surface area contributed by atoms with Gasteiger partial charge in [0.15, 0.2) is 0 Å². The van der Waals surface area contributed by atoms with Crippen LogP contribution in [0.15, 0.2) is 60.7 Å². The average molecular weight is 401 g/mol. The first-order valence-electron chi connectivity index (χ1n) is 10.6. The van der Waals surface area contributed by atoms with Gasteiger partial charge in [0.05, 0.1) is 6.07 Å². The number of piperazine rings is 1. The van der Waals surface area contributed by atoms with Crippen molar-refractivity contribution in [1.82, 2.24) is 14.4 Å². The summed E-state index contributed by atoms with van der Waals surface area (Å²) in [7, 11) is 0. The van der Waals surface area contributed by atoms with Crippen molar-refractivity contribution in [1.29, 1.82) is 5.26 Å². The number of rotatable bonds is 5. The summed E-state index contributed by atoms with van der Waals surface area (Å²) >= 11 is 0. The first-order valence-corrected chi connectivity index (χ1v) is 10.6. The molecule has 1 amide bonds. The quantitative estimate of drug-likeness (QED) is 0.651. The van der Waals surface area contributed by atoms with E-state index >= 15 is 0 Å². The molecule has 4 rings (SSSR count). The second kappa shape index (κ2) is 8.73. The molecule has 1 aromatic heterocycles. The van der Waals surface area contributed by atoms with Gasteiger partial charge in [0.25, 0.3) is 5.91 Å². The van der Waals surface area contributed by atoms with E-state index in [1.54, 1.807) is 0 Å². The highest BCUT2D eigenvalue weighted by atomic mass is 16.2. The Kier molecular flexibility index (Phi) is 5.87. The molecule has 1 aliphatic rings. The summed E-state index contributed by atoms with van der Waals surface area (Å²) in [6.07, 6.45) is 0. The Morgan fingerprint density at radius 3 is 2.33 bits per heavy atom. The topological polar surface area (TPSA) is 52.3 Å². The van der Waals surface area contributed by atoms with Crippen LogP contribution in [0.25, 0.3) is 10.9 Å². The van der Waals surface area contributed by atoms with E-state index in [1.165, 1.54) is 5.56 Å². The smallest absolute Gasteiger partial charge is 0.270 e. The maximum Gasteiger partial charge on any atom is 0.270 e. The summed E-state index contributed by atoms with van der Waals surface area (Å²) < 4.78 is 2.13. The number of fused-ring (bicyclic) bond motifs is 1. The van der Waals surface area contributed by atoms with E-state index in [0.717, 1.165) is 29.7 Å². The van der Waals surface area contributed by atoms with Crippen molar-refractivity contribution in [3.05, 3.63) is 71.9 Å². The maximum absolute atomic E-state index is 13.5. The molecule has 3 aromatic rings. The highest BCUT2D eigenvalue weighted by Gasteiger charge is 2.29. The predicted molar refractivity (Wildman–Crippen MR) is 119 cm³/mol. The SMILES string of the molecule is CC(C)C(C#N)N1CCN(C(=O)c2cc3ccccc3n2Cc2ccccc2)CC1. The lowest BCUT2D eigenvalue weighted by Crippen LogP contribution is -2.53. The zero-order chi connectivity index (χ0) is 21.1. The Bertz CT molecular complexity index is 1060. The molecule has 0 N–H and O–H groups in total. The fourth-order valence-corrected chi connectivity index (χ4v) is 4.34. The van der Waals surface area contributed by atoms with Gasteiger partial charge in [-0.2, -0.15) is 5.26 Å². The largest absolute Gasteiger partial charge is 0.335 e. The molecule has 5 heteroatoms. The number of nitrogens with zero attached hydrogens (tertiary/aromatic N) is 4. The number of carbonyl (C=O) groups excluding carboxylic acids is 1. The summed E-state index contributed by atoms with van der Waals surface area (Å²) in [5.74, 6) is 0.352. The van der Waals surface area contributed by atoms with E-state index in [0.29, 0.717) is 19.6 Å². The zero-order valence-corrected chi connectivity index (χ0v) is 17.7. The number of benzene rings is 2. The summed E-state index contributed by atoms with van der Waals surface area (Å²) in [6, 6.07) is 22.8. The number of amides is 1. The van der Waals surface area contributed by atoms with Gasteiger partial charge in [0.1, 0.15) is 11.7 Å². The van der Waals surface area contributed by atoms with Crippen LogP contribution in [-0.4, -0.2) is 52.5 Å². The first-order chi connectivity index (χ1) is 14.6. The molecule has 5 nitrogen and oxygen atoms in total. The number of para-hydroxylation sites is 1. The summed E-state index contributed by atoms with van der Waals surface area (Å²) in [5, 5.41) is 10.6. The second-order valence-electron chi connectivity index (χ2n) is 8.31. The van der Waals surface area contributed by atoms with Gasteiger partial charge in [-0.25, -0.2) is 0 Å². The minimum Gasteiger partial charge on any atom is -0.335 e. The van der Waals surface area contributed by atoms with Crippen molar-refractivity contribution in [3.8, 4) is 6.07 Å². The first kappa shape index (κ1) is 20.2. The molecule has 1 fully saturated rings. The molecule has 0 aliphatic carbocycles. The lowest BCUT2D eigenvalue weighted by atomic mass is 10.0. The molecule has 154 valence electrons. The zero-order valence-electron chi connectivity index (χ0n) is 17.7. The van der Waals surface area contributed by atoms with Crippen LogP contribution in [0.4, 0.5) is 0 Å². The second-order valence-corrected chi connectivity index (χ2v) is 8.31. The third kappa shape index (κ3) is 3.96. The molecule has 0 radical (unpaired) electrons. The lowest BCUT2D eigenvalue weighted by Gasteiger charge is -2.38. The van der Waals surface area contributed by atoms with Crippen molar-refractivity contribution in [2.24, 2.45) is 5.92 Å². The normalized spacial score (nSPS) is 16.0. The van der Waals surface area contributed by atoms with Crippen LogP contribution in [0.3, 0.4) is 0 Å². The monoisotopic (exact) mass is 400 g/mol. The van der Waals surface area contributed by atoms with Gasteiger partial charge in [-0.3, -0.25) is 9.69 Å². The van der Waals surface area contributed by atoms with Gasteiger partial charge in [-0.05, 0) is 23.6 Å². The molecule has 1 saturated heterocycles. The Balaban J connectivity index is 1.58. The molecular weight excluding hydrogens is 372 g/mol. The van der Waals surface area contributed by atoms with Gasteiger partial charge in [-0.1, -0.05) is 62.4 Å². The Morgan fingerprint density at radius 2 is 1.67 bits per heavy atom. The highest BCUT2D eigenvalue weighted by Crippen LogP contribution is 2.23. The average Bonchev–Trinajstić information content (AvgIpc) is 3.13. The lowest BCUT2D eigenvalue weighted by molar-refractivity contribution is 0.0568. The number of nitriles is 1. The minimum atomic E-state index is -0.0909. The van der Waals surface area contributed by atoms with Crippen LogP contribution >= 0.6 is 0 Å². The molecule has 0 saturated carbocycles. The van der Waals surface area contributed by atoms with Crippen LogP contribution in [-0.2, 0) is 6.54 Å². The molecular formula is C25H28N4O. The molecule has 1 aliphatic heterocycles. The van der Waals surface area contributed by atoms with E-state index in [1.807, 2.05) is 41.3 Å². The number of aromatic nitrogens is 1. The molecule has 30 heavy (non-hydrogen) atoms. The molecule has 2 heterocycles. The minimum absolute atomic E-state index is 0.0693. The fraction of sp³-hybridized carbons (Fsp3) is 0.360. The Hall–Kier alpha value is -3.10. The summed E-state index contributed by atoms with van der Waals surface area (Å²) in [5.41, 5.74) is 2.98. The summed E-state index contributed by atoms with van der Waals surface area (Å²) in [6.45, 7) is 7.59. The van der Waals surface area contributed by atoms with Gasteiger partial charge < -0.3 is 9.47 Å². The van der Waals surface area contributed by atoms with Crippen LogP contribution in [0.5, 0.6) is 0 Å². The van der Waals surface area contributed by atoms with Crippen LogP contribution in [0.1, 0.15) is 29.9 Å². The van der Waals surface area contributed by atoms with Gasteiger partial charge in [0.2, 0.25) is 0 Å². The van der Waals surface area contributed by atoms with E-state index in [-0.39, 0.29) is 17.9 Å². The van der Waals surface area contributed by atoms with E-state index in [9.17, 15) is 10.1 Å². The van der Waals surface area contributed by atoms with Gasteiger partial charge in [-0.15, -0.1) is 0 Å². The van der Waals surface area contributed by atoms with Crippen molar-refractivity contribution in [2.45, 2.75) is 26.4 Å². The molecule has 2 aromatic carbocycles. The Morgan fingerprint density at radius 1 is 1.00 bits per heavy atom. The van der Waals surface area contributed by atoms with Gasteiger partial charge >= 0.3 is 0 Å². The molecule has 0 spiro atoms. The maximum atomic E-state index is 13.5. The van der Waals surface area contributed by atoms with E-state index < -0.39 is 0 Å². The van der Waals surface area contributed by atoms with Crippen molar-refractivity contribution < 1.29 is 4.79 Å². The van der Waals surface area contributed by atoms with E-state index in [4.69, 9.17) is 0 Å². The third-order valence-corrected chi connectivity index (χ3v) is 5.97. The molecule has 1 unspecified atom stereocenters. The highest BCUT2D eigenvalue weighted by molar-refractivity contribution is 5.99. The van der Waals surface area contributed by atoms with Crippen molar-refractivity contribution in [3.63, 3.8) is 0 Å². The van der Waals surface area contributed by atoms with Crippen molar-refractivity contribution in [2.75, 3.05) is 26.2 Å². The van der Waals surface area contributed by atoms with Crippen LogP contribution < -0.4 is 0 Å². The summed E-state index contributed by atoms with van der Waals surface area (Å²) in [4.78, 5) is 17.6. The van der Waals surface area contributed by atoms with Gasteiger partial charge in [0, 0.05) is 43.6 Å². The number of carbonyl (C=O) groups is 1.